The fraction of sp³-hybridized carbons (Fsp3) is 0.312. The lowest BCUT2D eigenvalue weighted by Crippen LogP contribution is -2.06. The van der Waals surface area contributed by atoms with Crippen molar-refractivity contribution in [2.75, 3.05) is 24.2 Å². The van der Waals surface area contributed by atoms with Crippen LogP contribution in [0.15, 0.2) is 42.7 Å². The first kappa shape index (κ1) is 14.2. The molecule has 20 heavy (non-hydrogen) atoms. The minimum atomic E-state index is 0.679. The standard InChI is InChI=1S/C16H21N3O/c1-2-11-20-16-12-14(3-4-15(16)17)19-10-7-13-5-8-18-9-6-13/h3-6,8-9,12,19H,2,7,10-11,17H2,1H3. The molecule has 0 spiro atoms. The molecular weight excluding hydrogens is 250 g/mol. The minimum absolute atomic E-state index is 0.679. The van der Waals surface area contributed by atoms with Gasteiger partial charge in [-0.3, -0.25) is 4.98 Å². The van der Waals surface area contributed by atoms with Gasteiger partial charge in [0.2, 0.25) is 0 Å². The van der Waals surface area contributed by atoms with Gasteiger partial charge in [-0.2, -0.15) is 0 Å². The summed E-state index contributed by atoms with van der Waals surface area (Å²) in [6.07, 6.45) is 5.56. The van der Waals surface area contributed by atoms with Crippen molar-refractivity contribution < 1.29 is 4.74 Å². The molecule has 0 aliphatic heterocycles. The predicted molar refractivity (Wildman–Crippen MR) is 83.1 cm³/mol. The van der Waals surface area contributed by atoms with Gasteiger partial charge in [0.1, 0.15) is 5.75 Å². The fourth-order valence-corrected chi connectivity index (χ4v) is 1.88. The van der Waals surface area contributed by atoms with Gasteiger partial charge in [0.05, 0.1) is 12.3 Å². The number of pyridine rings is 1. The average Bonchev–Trinajstić information content (AvgIpc) is 2.49. The summed E-state index contributed by atoms with van der Waals surface area (Å²) in [6.45, 7) is 3.62. The Hall–Kier alpha value is -2.23. The SMILES string of the molecule is CCCOc1cc(NCCc2ccncc2)ccc1N. The van der Waals surface area contributed by atoms with E-state index in [1.54, 1.807) is 0 Å². The topological polar surface area (TPSA) is 60.2 Å². The lowest BCUT2D eigenvalue weighted by Gasteiger charge is -2.11. The van der Waals surface area contributed by atoms with Crippen molar-refractivity contribution in [3.05, 3.63) is 48.3 Å². The van der Waals surface area contributed by atoms with Gasteiger partial charge < -0.3 is 15.8 Å². The van der Waals surface area contributed by atoms with Gasteiger partial charge in [0.15, 0.2) is 0 Å². The zero-order valence-corrected chi connectivity index (χ0v) is 11.8. The van der Waals surface area contributed by atoms with Crippen molar-refractivity contribution in [2.24, 2.45) is 0 Å². The zero-order chi connectivity index (χ0) is 14.2. The van der Waals surface area contributed by atoms with E-state index in [4.69, 9.17) is 10.5 Å². The van der Waals surface area contributed by atoms with Gasteiger partial charge in [-0.25, -0.2) is 0 Å². The van der Waals surface area contributed by atoms with E-state index in [2.05, 4.69) is 17.2 Å². The summed E-state index contributed by atoms with van der Waals surface area (Å²) >= 11 is 0. The molecule has 3 N–H and O–H groups in total. The monoisotopic (exact) mass is 271 g/mol. The van der Waals surface area contributed by atoms with E-state index in [0.717, 1.165) is 30.8 Å². The maximum absolute atomic E-state index is 5.89. The van der Waals surface area contributed by atoms with E-state index >= 15 is 0 Å². The summed E-state index contributed by atoms with van der Waals surface area (Å²) in [5.41, 5.74) is 8.87. The number of nitrogen functional groups attached to an aromatic ring is 1. The van der Waals surface area contributed by atoms with Crippen LogP contribution >= 0.6 is 0 Å². The summed E-state index contributed by atoms with van der Waals surface area (Å²) in [6, 6.07) is 9.86. The molecule has 2 aromatic rings. The fourth-order valence-electron chi connectivity index (χ4n) is 1.88. The van der Waals surface area contributed by atoms with Crippen molar-refractivity contribution in [3.63, 3.8) is 0 Å². The van der Waals surface area contributed by atoms with Gasteiger partial charge in [-0.15, -0.1) is 0 Å². The number of ether oxygens (including phenoxy) is 1. The second kappa shape index (κ2) is 7.38. The Balaban J connectivity index is 1.89. The van der Waals surface area contributed by atoms with Gasteiger partial charge >= 0.3 is 0 Å². The number of nitrogens with one attached hydrogen (secondary N) is 1. The molecule has 0 bridgehead atoms. The van der Waals surface area contributed by atoms with Crippen LogP contribution in [-0.4, -0.2) is 18.1 Å². The molecule has 4 nitrogen and oxygen atoms in total. The molecule has 0 fully saturated rings. The van der Waals surface area contributed by atoms with Gasteiger partial charge in [0.25, 0.3) is 0 Å². The van der Waals surface area contributed by atoms with Crippen molar-refractivity contribution in [2.45, 2.75) is 19.8 Å². The van der Waals surface area contributed by atoms with Crippen LogP contribution in [0.2, 0.25) is 0 Å². The Morgan fingerprint density at radius 1 is 1.20 bits per heavy atom. The molecule has 1 aromatic heterocycles. The molecular formula is C16H21N3O. The number of nitrogens with zero attached hydrogens (tertiary/aromatic N) is 1. The average molecular weight is 271 g/mol. The number of aromatic nitrogens is 1. The summed E-state index contributed by atoms with van der Waals surface area (Å²) in [5.74, 6) is 0.751. The lowest BCUT2D eigenvalue weighted by molar-refractivity contribution is 0.319. The van der Waals surface area contributed by atoms with Crippen LogP contribution in [0.5, 0.6) is 5.75 Å². The number of hydrogen-bond acceptors (Lipinski definition) is 4. The van der Waals surface area contributed by atoms with Gasteiger partial charge in [-0.1, -0.05) is 6.92 Å². The molecule has 0 amide bonds. The van der Waals surface area contributed by atoms with Crippen LogP contribution < -0.4 is 15.8 Å². The Labute approximate surface area is 120 Å². The molecule has 0 atom stereocenters. The van der Waals surface area contributed by atoms with E-state index in [1.165, 1.54) is 5.56 Å². The van der Waals surface area contributed by atoms with E-state index in [1.807, 2.05) is 42.7 Å². The normalized spacial score (nSPS) is 10.2. The maximum atomic E-state index is 5.89. The first-order chi connectivity index (χ1) is 9.79. The van der Waals surface area contributed by atoms with Crippen molar-refractivity contribution in [3.8, 4) is 5.75 Å². The van der Waals surface area contributed by atoms with E-state index in [9.17, 15) is 0 Å². The number of hydrogen-bond donors (Lipinski definition) is 2. The molecule has 1 aromatic carbocycles. The quantitative estimate of drug-likeness (QED) is 0.760. The summed E-state index contributed by atoms with van der Waals surface area (Å²) in [5, 5.41) is 3.38. The van der Waals surface area contributed by atoms with Crippen LogP contribution in [0.25, 0.3) is 0 Å². The molecule has 0 aliphatic rings. The molecule has 2 rings (SSSR count). The Bertz CT molecular complexity index is 529. The molecule has 106 valence electrons. The molecule has 0 saturated carbocycles. The molecule has 4 heteroatoms. The van der Waals surface area contributed by atoms with E-state index in [0.29, 0.717) is 12.3 Å². The van der Waals surface area contributed by atoms with Crippen molar-refractivity contribution in [1.82, 2.24) is 4.98 Å². The largest absolute Gasteiger partial charge is 0.491 e. The molecule has 0 aliphatic carbocycles. The zero-order valence-electron chi connectivity index (χ0n) is 11.8. The van der Waals surface area contributed by atoms with E-state index < -0.39 is 0 Å². The van der Waals surface area contributed by atoms with Crippen LogP contribution in [0.4, 0.5) is 11.4 Å². The lowest BCUT2D eigenvalue weighted by atomic mass is 10.2. The third kappa shape index (κ3) is 4.16. The summed E-state index contributed by atoms with van der Waals surface area (Å²) in [7, 11) is 0. The second-order valence-corrected chi connectivity index (χ2v) is 4.63. The van der Waals surface area contributed by atoms with Crippen LogP contribution in [0.1, 0.15) is 18.9 Å². The summed E-state index contributed by atoms with van der Waals surface area (Å²) < 4.78 is 5.62. The first-order valence-corrected chi connectivity index (χ1v) is 6.94. The van der Waals surface area contributed by atoms with Crippen LogP contribution in [0.3, 0.4) is 0 Å². The molecule has 0 radical (unpaired) electrons. The number of nitrogens with two attached hydrogens (primary N) is 1. The Kier molecular flexibility index (Phi) is 5.24. The second-order valence-electron chi connectivity index (χ2n) is 4.63. The van der Waals surface area contributed by atoms with E-state index in [-0.39, 0.29) is 0 Å². The van der Waals surface area contributed by atoms with Crippen molar-refractivity contribution in [1.29, 1.82) is 0 Å². The molecule has 0 saturated heterocycles. The highest BCUT2D eigenvalue weighted by Crippen LogP contribution is 2.25. The highest BCUT2D eigenvalue weighted by molar-refractivity contribution is 5.61. The third-order valence-corrected chi connectivity index (χ3v) is 2.97. The Morgan fingerprint density at radius 3 is 2.75 bits per heavy atom. The summed E-state index contributed by atoms with van der Waals surface area (Å²) in [4.78, 5) is 4.01. The number of benzene rings is 1. The highest BCUT2D eigenvalue weighted by atomic mass is 16.5. The van der Waals surface area contributed by atoms with Gasteiger partial charge in [-0.05, 0) is 42.7 Å². The number of rotatable bonds is 7. The van der Waals surface area contributed by atoms with Crippen LogP contribution in [-0.2, 0) is 6.42 Å². The third-order valence-electron chi connectivity index (χ3n) is 2.97. The minimum Gasteiger partial charge on any atom is -0.491 e. The molecule has 1 heterocycles. The Morgan fingerprint density at radius 2 is 2.00 bits per heavy atom. The number of anilines is 2. The highest BCUT2D eigenvalue weighted by Gasteiger charge is 2.02. The smallest absolute Gasteiger partial charge is 0.144 e. The molecule has 0 unspecified atom stereocenters. The first-order valence-electron chi connectivity index (χ1n) is 6.94. The van der Waals surface area contributed by atoms with Crippen LogP contribution in [0, 0.1) is 0 Å². The van der Waals surface area contributed by atoms with Crippen molar-refractivity contribution >= 4 is 11.4 Å². The van der Waals surface area contributed by atoms with Gasteiger partial charge in [0, 0.05) is 30.7 Å². The predicted octanol–water partition coefficient (Wildman–Crippen LogP) is 3.11. The maximum Gasteiger partial charge on any atom is 0.144 e.